The number of hydrogen-bond acceptors (Lipinski definition) is 6. The number of ether oxygens (including phenoxy) is 1. The van der Waals surface area contributed by atoms with Crippen molar-refractivity contribution in [2.45, 2.75) is 32.1 Å². The summed E-state index contributed by atoms with van der Waals surface area (Å²) in [6.07, 6.45) is 3.80. The minimum atomic E-state index is -0.0921. The van der Waals surface area contributed by atoms with Crippen LogP contribution in [0.4, 0.5) is 11.4 Å². The largest absolute Gasteiger partial charge is 0.378 e. The number of morpholine rings is 1. The summed E-state index contributed by atoms with van der Waals surface area (Å²) < 4.78 is 5.38. The molecule has 1 aliphatic carbocycles. The second-order valence-corrected chi connectivity index (χ2v) is 8.83. The number of H-pyrrole nitrogens is 1. The number of nitrogens with zero attached hydrogens (tertiary/aromatic N) is 2. The molecule has 2 aromatic heterocycles. The van der Waals surface area contributed by atoms with Gasteiger partial charge in [0.1, 0.15) is 10.7 Å². The van der Waals surface area contributed by atoms with Gasteiger partial charge < -0.3 is 19.9 Å². The third-order valence-electron chi connectivity index (χ3n) is 5.74. The van der Waals surface area contributed by atoms with E-state index in [9.17, 15) is 9.59 Å². The Labute approximate surface area is 178 Å². The van der Waals surface area contributed by atoms with E-state index in [1.165, 1.54) is 10.4 Å². The van der Waals surface area contributed by atoms with Crippen molar-refractivity contribution in [3.63, 3.8) is 0 Å². The van der Waals surface area contributed by atoms with Gasteiger partial charge in [0.25, 0.3) is 5.56 Å². The fourth-order valence-corrected chi connectivity index (χ4v) is 5.48. The number of fused-ring (bicyclic) bond motifs is 3. The second kappa shape index (κ2) is 8.20. The number of benzene rings is 1. The molecule has 2 aliphatic rings. The lowest BCUT2D eigenvalue weighted by atomic mass is 10.2. The number of aromatic nitrogens is 2. The number of nitrogens with one attached hydrogen (secondary N) is 2. The maximum atomic E-state index is 12.5. The lowest BCUT2D eigenvalue weighted by Gasteiger charge is -2.28. The van der Waals surface area contributed by atoms with Gasteiger partial charge in [-0.05, 0) is 49.1 Å². The van der Waals surface area contributed by atoms with Gasteiger partial charge in [0.2, 0.25) is 5.91 Å². The van der Waals surface area contributed by atoms with Crippen LogP contribution in [0.15, 0.2) is 29.1 Å². The van der Waals surface area contributed by atoms with Gasteiger partial charge in [-0.25, -0.2) is 4.98 Å². The smallest absolute Gasteiger partial charge is 0.259 e. The monoisotopic (exact) mass is 424 g/mol. The number of aryl methyl sites for hydroxylation is 3. The van der Waals surface area contributed by atoms with E-state index in [1.54, 1.807) is 11.3 Å². The van der Waals surface area contributed by atoms with Gasteiger partial charge in [0.05, 0.1) is 18.6 Å². The van der Waals surface area contributed by atoms with E-state index in [-0.39, 0.29) is 17.9 Å². The van der Waals surface area contributed by atoms with Crippen LogP contribution in [0.1, 0.15) is 29.1 Å². The van der Waals surface area contributed by atoms with Crippen LogP contribution in [0, 0.1) is 0 Å². The predicted octanol–water partition coefficient (Wildman–Crippen LogP) is 2.88. The molecule has 1 amide bonds. The molecular formula is C22H24N4O3S. The molecule has 3 heterocycles. The molecule has 2 N–H and O–H groups in total. The van der Waals surface area contributed by atoms with Crippen LogP contribution < -0.4 is 15.8 Å². The Morgan fingerprint density at radius 1 is 1.20 bits per heavy atom. The van der Waals surface area contributed by atoms with Crippen molar-refractivity contribution in [3.05, 3.63) is 50.9 Å². The molecule has 1 aliphatic heterocycles. The van der Waals surface area contributed by atoms with Crippen molar-refractivity contribution in [2.75, 3.05) is 36.5 Å². The van der Waals surface area contributed by atoms with Crippen LogP contribution in [0.2, 0.25) is 0 Å². The third-order valence-corrected chi connectivity index (χ3v) is 6.93. The number of carbonyl (C=O) groups is 1. The summed E-state index contributed by atoms with van der Waals surface area (Å²) in [4.78, 5) is 36.7. The van der Waals surface area contributed by atoms with Gasteiger partial charge in [-0.3, -0.25) is 9.59 Å². The zero-order valence-electron chi connectivity index (χ0n) is 16.7. The summed E-state index contributed by atoms with van der Waals surface area (Å²) in [7, 11) is 0. The summed E-state index contributed by atoms with van der Waals surface area (Å²) in [5.41, 5.74) is 3.00. The minimum absolute atomic E-state index is 0.0755. The first-order chi connectivity index (χ1) is 14.7. The number of carbonyl (C=O) groups excluding carboxylic acids is 1. The number of rotatable bonds is 5. The molecule has 0 spiro atoms. The van der Waals surface area contributed by atoms with Gasteiger partial charge in [0.15, 0.2) is 0 Å². The predicted molar refractivity (Wildman–Crippen MR) is 119 cm³/mol. The van der Waals surface area contributed by atoms with Gasteiger partial charge in [-0.1, -0.05) is 0 Å². The SMILES string of the molecule is O=C(CCc1nc2sc3c(c2c(=O)[nH]1)CCC3)Nc1ccc(N2CCOCC2)cc1. The quantitative estimate of drug-likeness (QED) is 0.658. The first-order valence-electron chi connectivity index (χ1n) is 10.4. The summed E-state index contributed by atoms with van der Waals surface area (Å²) in [6, 6.07) is 7.87. The fraction of sp³-hybridized carbons (Fsp3) is 0.409. The highest BCUT2D eigenvalue weighted by molar-refractivity contribution is 7.18. The number of hydrogen-bond donors (Lipinski definition) is 2. The number of amides is 1. The fourth-order valence-electron chi connectivity index (χ4n) is 4.20. The van der Waals surface area contributed by atoms with Gasteiger partial charge in [-0.2, -0.15) is 0 Å². The van der Waals surface area contributed by atoms with Crippen molar-refractivity contribution in [2.24, 2.45) is 0 Å². The van der Waals surface area contributed by atoms with Crippen LogP contribution >= 0.6 is 11.3 Å². The molecule has 0 unspecified atom stereocenters. The Morgan fingerprint density at radius 3 is 2.80 bits per heavy atom. The first-order valence-corrected chi connectivity index (χ1v) is 11.2. The third kappa shape index (κ3) is 3.85. The molecule has 30 heavy (non-hydrogen) atoms. The zero-order valence-corrected chi connectivity index (χ0v) is 17.5. The molecule has 156 valence electrons. The normalized spacial score (nSPS) is 16.1. The van der Waals surface area contributed by atoms with Gasteiger partial charge >= 0.3 is 0 Å². The Balaban J connectivity index is 1.20. The van der Waals surface area contributed by atoms with E-state index in [2.05, 4.69) is 20.2 Å². The average Bonchev–Trinajstić information content (AvgIpc) is 3.34. The molecule has 8 heteroatoms. The summed E-state index contributed by atoms with van der Waals surface area (Å²) >= 11 is 1.62. The highest BCUT2D eigenvalue weighted by Gasteiger charge is 2.21. The molecular weight excluding hydrogens is 400 g/mol. The number of anilines is 2. The molecule has 1 saturated heterocycles. The summed E-state index contributed by atoms with van der Waals surface area (Å²) in [5, 5.41) is 3.68. The Hall–Kier alpha value is -2.71. The Bertz CT molecular complexity index is 1130. The topological polar surface area (TPSA) is 87.3 Å². The van der Waals surface area contributed by atoms with Gasteiger partial charge in [-0.15, -0.1) is 11.3 Å². The van der Waals surface area contributed by atoms with Crippen molar-refractivity contribution >= 4 is 38.8 Å². The number of aromatic amines is 1. The summed E-state index contributed by atoms with van der Waals surface area (Å²) in [6.45, 7) is 3.26. The maximum absolute atomic E-state index is 12.5. The van der Waals surface area contributed by atoms with Crippen molar-refractivity contribution < 1.29 is 9.53 Å². The molecule has 0 saturated carbocycles. The minimum Gasteiger partial charge on any atom is -0.378 e. The molecule has 1 fully saturated rings. The van der Waals surface area contributed by atoms with Crippen LogP contribution in [-0.2, 0) is 28.8 Å². The van der Waals surface area contributed by atoms with E-state index < -0.39 is 0 Å². The second-order valence-electron chi connectivity index (χ2n) is 7.74. The van der Waals surface area contributed by atoms with Crippen molar-refractivity contribution in [1.82, 2.24) is 9.97 Å². The average molecular weight is 425 g/mol. The molecule has 0 bridgehead atoms. The van der Waals surface area contributed by atoms with Gasteiger partial charge in [0, 0.05) is 42.2 Å². The van der Waals surface area contributed by atoms with Crippen LogP contribution in [0.3, 0.4) is 0 Å². The molecule has 1 aromatic carbocycles. The van der Waals surface area contributed by atoms with Crippen LogP contribution in [0.5, 0.6) is 0 Å². The Kier molecular flexibility index (Phi) is 5.26. The van der Waals surface area contributed by atoms with E-state index >= 15 is 0 Å². The summed E-state index contributed by atoms with van der Waals surface area (Å²) in [5.74, 6) is 0.482. The molecule has 0 atom stereocenters. The maximum Gasteiger partial charge on any atom is 0.259 e. The first kappa shape index (κ1) is 19.3. The lowest BCUT2D eigenvalue weighted by Crippen LogP contribution is -2.36. The molecule has 7 nitrogen and oxygen atoms in total. The Morgan fingerprint density at radius 2 is 2.00 bits per heavy atom. The standard InChI is InChI=1S/C22H24N4O3S/c27-19(23-14-4-6-15(7-5-14)26-10-12-29-13-11-26)9-8-18-24-21(28)20-16-2-1-3-17(16)30-22(20)25-18/h4-7H,1-3,8-13H2,(H,23,27)(H,24,25,28). The highest BCUT2D eigenvalue weighted by atomic mass is 32.1. The van der Waals surface area contributed by atoms with E-state index in [0.29, 0.717) is 12.2 Å². The lowest BCUT2D eigenvalue weighted by molar-refractivity contribution is -0.116. The zero-order chi connectivity index (χ0) is 20.5. The van der Waals surface area contributed by atoms with E-state index in [1.807, 2.05) is 24.3 Å². The number of thiophene rings is 1. The van der Waals surface area contributed by atoms with E-state index in [0.717, 1.165) is 67.2 Å². The van der Waals surface area contributed by atoms with Crippen molar-refractivity contribution in [1.29, 1.82) is 0 Å². The highest BCUT2D eigenvalue weighted by Crippen LogP contribution is 2.34. The van der Waals surface area contributed by atoms with Crippen LogP contribution in [0.25, 0.3) is 10.2 Å². The van der Waals surface area contributed by atoms with Crippen molar-refractivity contribution in [3.8, 4) is 0 Å². The molecule has 0 radical (unpaired) electrons. The van der Waals surface area contributed by atoms with Crippen LogP contribution in [-0.4, -0.2) is 42.2 Å². The molecule has 5 rings (SSSR count). The van der Waals surface area contributed by atoms with E-state index in [4.69, 9.17) is 4.74 Å². The molecule has 3 aromatic rings.